The molecule has 3 nitrogen and oxygen atoms in total. The molecule has 19 heavy (non-hydrogen) atoms. The second kappa shape index (κ2) is 7.39. The summed E-state index contributed by atoms with van der Waals surface area (Å²) < 4.78 is 0. The van der Waals surface area contributed by atoms with E-state index in [1.165, 1.54) is 32.1 Å². The Balaban J connectivity index is 1.65. The normalized spacial score (nSPS) is 16.1. The van der Waals surface area contributed by atoms with Crippen LogP contribution in [0.15, 0.2) is 24.3 Å². The van der Waals surface area contributed by atoms with E-state index in [0.717, 1.165) is 12.2 Å². The molecule has 2 N–H and O–H groups in total. The first-order valence-corrected chi connectivity index (χ1v) is 7.38. The number of carbonyl (C=O) groups is 1. The van der Waals surface area contributed by atoms with Gasteiger partial charge in [0.15, 0.2) is 0 Å². The molecule has 0 saturated heterocycles. The molecule has 0 aromatic heterocycles. The number of anilines is 1. The van der Waals surface area contributed by atoms with E-state index >= 15 is 0 Å². The Morgan fingerprint density at radius 2 is 1.84 bits per heavy atom. The van der Waals surface area contributed by atoms with Gasteiger partial charge in [-0.15, -0.1) is 0 Å². The number of hydrogen-bond donors (Lipinski definition) is 2. The van der Waals surface area contributed by atoms with Crippen LogP contribution < -0.4 is 10.6 Å². The average Bonchev–Trinajstić information content (AvgIpc) is 2.45. The fourth-order valence-corrected chi connectivity index (χ4v) is 2.59. The molecule has 1 saturated carbocycles. The summed E-state index contributed by atoms with van der Waals surface area (Å²) in [6.07, 6.45) is 6.48. The molecule has 1 aromatic carbocycles. The van der Waals surface area contributed by atoms with Gasteiger partial charge < -0.3 is 10.6 Å². The Morgan fingerprint density at radius 3 is 2.53 bits per heavy atom. The maximum Gasteiger partial charge on any atom is 0.239 e. The summed E-state index contributed by atoms with van der Waals surface area (Å²) in [6, 6.07) is 7.36. The third-order valence-electron chi connectivity index (χ3n) is 3.61. The lowest BCUT2D eigenvalue weighted by molar-refractivity contribution is -0.119. The molecule has 1 amide bonds. The van der Waals surface area contributed by atoms with Gasteiger partial charge in [0.1, 0.15) is 0 Å². The van der Waals surface area contributed by atoms with Crippen molar-refractivity contribution in [2.45, 2.75) is 32.1 Å². The minimum absolute atomic E-state index is 0.0560. The van der Waals surface area contributed by atoms with Gasteiger partial charge >= 0.3 is 0 Å². The quantitative estimate of drug-likeness (QED) is 0.867. The molecule has 1 aliphatic carbocycles. The van der Waals surface area contributed by atoms with Crippen molar-refractivity contribution in [3.63, 3.8) is 0 Å². The van der Waals surface area contributed by atoms with Gasteiger partial charge in [-0.1, -0.05) is 30.9 Å². The van der Waals surface area contributed by atoms with Crippen LogP contribution in [0.1, 0.15) is 32.1 Å². The summed E-state index contributed by atoms with van der Waals surface area (Å²) >= 11 is 5.80. The lowest BCUT2D eigenvalue weighted by Gasteiger charge is -2.21. The number of nitrogens with one attached hydrogen (secondary N) is 2. The Morgan fingerprint density at radius 1 is 1.16 bits per heavy atom. The molecular weight excluding hydrogens is 260 g/mol. The van der Waals surface area contributed by atoms with E-state index in [1.54, 1.807) is 0 Å². The molecule has 104 valence electrons. The van der Waals surface area contributed by atoms with Gasteiger partial charge in [-0.3, -0.25) is 4.79 Å². The molecule has 1 aliphatic rings. The predicted octanol–water partition coefficient (Wildman–Crippen LogP) is 3.45. The Bertz CT molecular complexity index is 399. The van der Waals surface area contributed by atoms with E-state index in [9.17, 15) is 4.79 Å². The van der Waals surface area contributed by atoms with E-state index in [2.05, 4.69) is 10.6 Å². The fourth-order valence-electron chi connectivity index (χ4n) is 2.46. The fraction of sp³-hybridized carbons (Fsp3) is 0.533. The zero-order valence-corrected chi connectivity index (χ0v) is 11.9. The molecule has 4 heteroatoms. The van der Waals surface area contributed by atoms with E-state index < -0.39 is 0 Å². The van der Waals surface area contributed by atoms with Gasteiger partial charge in [0.05, 0.1) is 6.54 Å². The van der Waals surface area contributed by atoms with E-state index in [1.807, 2.05) is 24.3 Å². The monoisotopic (exact) mass is 280 g/mol. The maximum atomic E-state index is 11.7. The van der Waals surface area contributed by atoms with Crippen molar-refractivity contribution in [2.24, 2.45) is 5.92 Å². The van der Waals surface area contributed by atoms with Crippen molar-refractivity contribution < 1.29 is 4.79 Å². The first-order chi connectivity index (χ1) is 9.24. The highest BCUT2D eigenvalue weighted by Gasteiger charge is 2.13. The third-order valence-corrected chi connectivity index (χ3v) is 3.86. The molecule has 1 fully saturated rings. The summed E-state index contributed by atoms with van der Waals surface area (Å²) in [7, 11) is 0. The van der Waals surface area contributed by atoms with Crippen molar-refractivity contribution in [1.29, 1.82) is 0 Å². The predicted molar refractivity (Wildman–Crippen MR) is 79.5 cm³/mol. The number of carbonyl (C=O) groups excluding carboxylic acids is 1. The van der Waals surface area contributed by atoms with Crippen LogP contribution >= 0.6 is 11.6 Å². The van der Waals surface area contributed by atoms with Gasteiger partial charge in [0.2, 0.25) is 5.91 Å². The topological polar surface area (TPSA) is 41.1 Å². The van der Waals surface area contributed by atoms with Crippen LogP contribution in [0.25, 0.3) is 0 Å². The highest BCUT2D eigenvalue weighted by Crippen LogP contribution is 2.22. The lowest BCUT2D eigenvalue weighted by Crippen LogP contribution is -2.34. The number of amides is 1. The highest BCUT2D eigenvalue weighted by molar-refractivity contribution is 6.30. The summed E-state index contributed by atoms with van der Waals surface area (Å²) in [5.74, 6) is 0.730. The number of halogens is 1. The van der Waals surface area contributed by atoms with Gasteiger partial charge in [-0.05, 0) is 43.0 Å². The Kier molecular flexibility index (Phi) is 5.52. The van der Waals surface area contributed by atoms with Crippen LogP contribution in [0, 0.1) is 5.92 Å². The molecule has 0 unspecified atom stereocenters. The van der Waals surface area contributed by atoms with Gasteiger partial charge in [0, 0.05) is 17.3 Å². The zero-order chi connectivity index (χ0) is 13.5. The van der Waals surface area contributed by atoms with Gasteiger partial charge in [-0.25, -0.2) is 0 Å². The molecule has 1 aromatic rings. The zero-order valence-electron chi connectivity index (χ0n) is 11.1. The maximum absolute atomic E-state index is 11.7. The largest absolute Gasteiger partial charge is 0.376 e. The number of rotatable bonds is 5. The van der Waals surface area contributed by atoms with Crippen molar-refractivity contribution >= 4 is 23.2 Å². The van der Waals surface area contributed by atoms with Crippen LogP contribution in [-0.2, 0) is 4.79 Å². The SMILES string of the molecule is O=C(CNc1ccc(Cl)cc1)NCC1CCCCC1. The van der Waals surface area contributed by atoms with Crippen LogP contribution in [0.4, 0.5) is 5.69 Å². The summed E-state index contributed by atoms with van der Waals surface area (Å²) in [4.78, 5) is 11.7. The van der Waals surface area contributed by atoms with Crippen LogP contribution in [0.5, 0.6) is 0 Å². The van der Waals surface area contributed by atoms with Crippen molar-refractivity contribution in [3.05, 3.63) is 29.3 Å². The molecule has 0 heterocycles. The molecule has 0 bridgehead atoms. The van der Waals surface area contributed by atoms with Crippen LogP contribution in [-0.4, -0.2) is 19.0 Å². The molecule has 0 aliphatic heterocycles. The van der Waals surface area contributed by atoms with E-state index in [0.29, 0.717) is 17.5 Å². The summed E-state index contributed by atoms with van der Waals surface area (Å²) in [5, 5.41) is 6.80. The minimum atomic E-state index is 0.0560. The molecule has 0 atom stereocenters. The van der Waals surface area contributed by atoms with Crippen molar-refractivity contribution in [3.8, 4) is 0 Å². The second-order valence-corrected chi connectivity index (χ2v) is 5.60. The molecule has 2 rings (SSSR count). The lowest BCUT2D eigenvalue weighted by atomic mass is 9.89. The summed E-state index contributed by atoms with van der Waals surface area (Å²) in [5.41, 5.74) is 0.914. The van der Waals surface area contributed by atoms with Gasteiger partial charge in [0.25, 0.3) is 0 Å². The first-order valence-electron chi connectivity index (χ1n) is 7.00. The standard InChI is InChI=1S/C15H21ClN2O/c16-13-6-8-14(9-7-13)17-11-15(19)18-10-12-4-2-1-3-5-12/h6-9,12,17H,1-5,10-11H2,(H,18,19). The third kappa shape index (κ3) is 5.11. The smallest absolute Gasteiger partial charge is 0.239 e. The molecular formula is C15H21ClN2O. The first kappa shape index (κ1) is 14.2. The number of hydrogen-bond acceptors (Lipinski definition) is 2. The van der Waals surface area contributed by atoms with Gasteiger partial charge in [-0.2, -0.15) is 0 Å². The van der Waals surface area contributed by atoms with E-state index in [4.69, 9.17) is 11.6 Å². The van der Waals surface area contributed by atoms with Crippen molar-refractivity contribution in [2.75, 3.05) is 18.4 Å². The highest BCUT2D eigenvalue weighted by atomic mass is 35.5. The molecule has 0 radical (unpaired) electrons. The Hall–Kier alpha value is -1.22. The van der Waals surface area contributed by atoms with Crippen LogP contribution in [0.2, 0.25) is 5.02 Å². The minimum Gasteiger partial charge on any atom is -0.376 e. The second-order valence-electron chi connectivity index (χ2n) is 5.17. The van der Waals surface area contributed by atoms with Crippen molar-refractivity contribution in [1.82, 2.24) is 5.32 Å². The molecule has 0 spiro atoms. The summed E-state index contributed by atoms with van der Waals surface area (Å²) in [6.45, 7) is 1.13. The number of benzene rings is 1. The average molecular weight is 281 g/mol. The Labute approximate surface area is 119 Å². The van der Waals surface area contributed by atoms with Crippen LogP contribution in [0.3, 0.4) is 0 Å². The van der Waals surface area contributed by atoms with E-state index in [-0.39, 0.29) is 5.91 Å².